The number of allylic oxidation sites excluding steroid dienone is 2. The summed E-state index contributed by atoms with van der Waals surface area (Å²) in [5.41, 5.74) is -1.69. The van der Waals surface area contributed by atoms with E-state index in [1.165, 1.54) is 13.2 Å². The molecule has 2 rings (SSSR count). The highest BCUT2D eigenvalue weighted by molar-refractivity contribution is 5.92. The normalized spacial score (nSPS) is 38.0. The molecular formula is C16H24O6. The van der Waals surface area contributed by atoms with Gasteiger partial charge in [-0.1, -0.05) is 6.92 Å². The predicted octanol–water partition coefficient (Wildman–Crippen LogP) is 0.808. The summed E-state index contributed by atoms with van der Waals surface area (Å²) in [6.07, 6.45) is 1.80. The van der Waals surface area contributed by atoms with Crippen LogP contribution >= 0.6 is 0 Å². The van der Waals surface area contributed by atoms with Gasteiger partial charge in [0.2, 0.25) is 0 Å². The van der Waals surface area contributed by atoms with E-state index in [1.54, 1.807) is 6.92 Å². The van der Waals surface area contributed by atoms with Crippen molar-refractivity contribution in [3.8, 4) is 0 Å². The molecule has 4 atom stereocenters. The minimum atomic E-state index is -1.15. The highest BCUT2D eigenvalue weighted by Crippen LogP contribution is 2.58. The molecule has 124 valence electrons. The molecule has 1 saturated carbocycles. The number of ketones is 1. The van der Waals surface area contributed by atoms with Crippen LogP contribution in [0.25, 0.3) is 0 Å². The van der Waals surface area contributed by atoms with Gasteiger partial charge in [0, 0.05) is 17.9 Å². The van der Waals surface area contributed by atoms with Crippen LogP contribution in [0.3, 0.4) is 0 Å². The average Bonchev–Trinajstić information content (AvgIpc) is 2.50. The van der Waals surface area contributed by atoms with Crippen LogP contribution in [0.5, 0.6) is 0 Å². The summed E-state index contributed by atoms with van der Waals surface area (Å²) in [5.74, 6) is -0.556. The number of methoxy groups -OCH3 is 1. The van der Waals surface area contributed by atoms with E-state index in [0.717, 1.165) is 0 Å². The molecule has 2 aliphatic rings. The van der Waals surface area contributed by atoms with Gasteiger partial charge in [-0.05, 0) is 25.7 Å². The lowest BCUT2D eigenvalue weighted by molar-refractivity contribution is -0.181. The standard InChI is InChI=1S/C16H24O6/c1-15-5-4-12(19)16(2,14(20)21-3)11(15)8-10(18)9-13(15)22-7-6-17/h9,11-12,17,19H,4-8H2,1-3H3/t11-,12+,15+,16-/m1/s1. The van der Waals surface area contributed by atoms with E-state index < -0.39 is 28.8 Å². The van der Waals surface area contributed by atoms with Gasteiger partial charge in [-0.15, -0.1) is 0 Å². The second kappa shape index (κ2) is 6.01. The first kappa shape index (κ1) is 17.0. The molecule has 6 heteroatoms. The highest BCUT2D eigenvalue weighted by Gasteiger charge is 2.61. The SMILES string of the molecule is COC(=O)[C@@]1(C)[C@@H](O)CC[C@]2(C)C(OCCO)=CC(=O)C[C@@H]12. The van der Waals surface area contributed by atoms with Crippen molar-refractivity contribution in [2.45, 2.75) is 39.2 Å². The van der Waals surface area contributed by atoms with Gasteiger partial charge >= 0.3 is 5.97 Å². The second-order valence-corrected chi connectivity index (χ2v) is 6.55. The van der Waals surface area contributed by atoms with Crippen molar-refractivity contribution in [3.05, 3.63) is 11.8 Å². The zero-order chi connectivity index (χ0) is 16.5. The third-order valence-corrected chi connectivity index (χ3v) is 5.36. The third kappa shape index (κ3) is 2.44. The molecule has 0 saturated heterocycles. The first-order valence-electron chi connectivity index (χ1n) is 7.55. The Bertz CT molecular complexity index is 499. The fourth-order valence-corrected chi connectivity index (χ4v) is 3.97. The molecule has 0 aliphatic heterocycles. The zero-order valence-corrected chi connectivity index (χ0v) is 13.3. The molecule has 0 heterocycles. The van der Waals surface area contributed by atoms with Gasteiger partial charge in [-0.2, -0.15) is 0 Å². The van der Waals surface area contributed by atoms with E-state index in [2.05, 4.69) is 0 Å². The van der Waals surface area contributed by atoms with Crippen molar-refractivity contribution in [2.75, 3.05) is 20.3 Å². The van der Waals surface area contributed by atoms with Crippen LogP contribution in [-0.4, -0.2) is 48.4 Å². The predicted molar refractivity (Wildman–Crippen MR) is 77.7 cm³/mol. The van der Waals surface area contributed by atoms with Gasteiger partial charge in [-0.25, -0.2) is 0 Å². The summed E-state index contributed by atoms with van der Waals surface area (Å²) in [6.45, 7) is 3.55. The number of hydrogen-bond donors (Lipinski definition) is 2. The summed E-state index contributed by atoms with van der Waals surface area (Å²) < 4.78 is 10.5. The average molecular weight is 312 g/mol. The van der Waals surface area contributed by atoms with Crippen molar-refractivity contribution in [3.63, 3.8) is 0 Å². The maximum atomic E-state index is 12.3. The van der Waals surface area contributed by atoms with Gasteiger partial charge < -0.3 is 19.7 Å². The Morgan fingerprint density at radius 2 is 2.14 bits per heavy atom. The van der Waals surface area contributed by atoms with Crippen LogP contribution in [0.2, 0.25) is 0 Å². The maximum Gasteiger partial charge on any atom is 0.314 e. The third-order valence-electron chi connectivity index (χ3n) is 5.36. The Kier molecular flexibility index (Phi) is 4.63. The molecule has 6 nitrogen and oxygen atoms in total. The van der Waals surface area contributed by atoms with E-state index in [9.17, 15) is 14.7 Å². The largest absolute Gasteiger partial charge is 0.495 e. The minimum absolute atomic E-state index is 0.0961. The number of rotatable bonds is 4. The second-order valence-electron chi connectivity index (χ2n) is 6.55. The van der Waals surface area contributed by atoms with Gasteiger partial charge in [0.25, 0.3) is 0 Å². The molecule has 2 N–H and O–H groups in total. The summed E-state index contributed by atoms with van der Waals surface area (Å²) in [7, 11) is 1.29. The molecule has 1 fully saturated rings. The van der Waals surface area contributed by atoms with Crippen LogP contribution < -0.4 is 0 Å². The van der Waals surface area contributed by atoms with Crippen LogP contribution in [0.15, 0.2) is 11.8 Å². The number of ether oxygens (including phenoxy) is 2. The van der Waals surface area contributed by atoms with Crippen molar-refractivity contribution in [2.24, 2.45) is 16.7 Å². The molecule has 0 amide bonds. The molecule has 0 aromatic heterocycles. The van der Waals surface area contributed by atoms with Crippen molar-refractivity contribution < 1.29 is 29.3 Å². The summed E-state index contributed by atoms with van der Waals surface area (Å²) in [4.78, 5) is 24.4. The van der Waals surface area contributed by atoms with Crippen LogP contribution in [0.4, 0.5) is 0 Å². The number of hydrogen-bond acceptors (Lipinski definition) is 6. The smallest absolute Gasteiger partial charge is 0.314 e. The number of aliphatic hydroxyl groups is 2. The molecule has 0 radical (unpaired) electrons. The number of esters is 1. The molecular weight excluding hydrogens is 288 g/mol. The van der Waals surface area contributed by atoms with Crippen molar-refractivity contribution in [1.29, 1.82) is 0 Å². The molecule has 0 spiro atoms. The minimum Gasteiger partial charge on any atom is -0.495 e. The van der Waals surface area contributed by atoms with Gasteiger partial charge in [0.05, 0.1) is 25.2 Å². The Hall–Kier alpha value is -1.40. The summed E-state index contributed by atoms with van der Waals surface area (Å²) >= 11 is 0. The Morgan fingerprint density at radius 3 is 2.73 bits per heavy atom. The zero-order valence-electron chi connectivity index (χ0n) is 13.3. The summed E-state index contributed by atoms with van der Waals surface area (Å²) in [5, 5.41) is 19.4. The molecule has 2 aliphatic carbocycles. The van der Waals surface area contributed by atoms with E-state index in [-0.39, 0.29) is 25.4 Å². The van der Waals surface area contributed by atoms with E-state index in [0.29, 0.717) is 18.6 Å². The van der Waals surface area contributed by atoms with Gasteiger partial charge in [0.1, 0.15) is 12.4 Å². The fourth-order valence-electron chi connectivity index (χ4n) is 3.97. The lowest BCUT2D eigenvalue weighted by atomic mass is 9.51. The number of aliphatic hydroxyl groups excluding tert-OH is 2. The first-order valence-corrected chi connectivity index (χ1v) is 7.55. The van der Waals surface area contributed by atoms with Crippen molar-refractivity contribution in [1.82, 2.24) is 0 Å². The number of carbonyl (C=O) groups excluding carboxylic acids is 2. The fraction of sp³-hybridized carbons (Fsp3) is 0.750. The van der Waals surface area contributed by atoms with Crippen LogP contribution in [0.1, 0.15) is 33.1 Å². The molecule has 22 heavy (non-hydrogen) atoms. The molecule has 0 unspecified atom stereocenters. The van der Waals surface area contributed by atoms with Crippen LogP contribution in [0, 0.1) is 16.7 Å². The Balaban J connectivity index is 2.46. The maximum absolute atomic E-state index is 12.3. The van der Waals surface area contributed by atoms with Gasteiger partial charge in [-0.3, -0.25) is 9.59 Å². The molecule has 0 aromatic rings. The van der Waals surface area contributed by atoms with E-state index in [1.807, 2.05) is 6.92 Å². The highest BCUT2D eigenvalue weighted by atomic mass is 16.5. The summed E-state index contributed by atoms with van der Waals surface area (Å²) in [6, 6.07) is 0. The monoisotopic (exact) mass is 312 g/mol. The number of fused-ring (bicyclic) bond motifs is 1. The van der Waals surface area contributed by atoms with E-state index in [4.69, 9.17) is 14.6 Å². The van der Waals surface area contributed by atoms with Crippen LogP contribution in [-0.2, 0) is 19.1 Å². The Labute approximate surface area is 130 Å². The molecule has 0 bridgehead atoms. The quantitative estimate of drug-likeness (QED) is 0.746. The first-order chi connectivity index (χ1) is 10.3. The number of carbonyl (C=O) groups is 2. The van der Waals surface area contributed by atoms with Crippen molar-refractivity contribution >= 4 is 11.8 Å². The lowest BCUT2D eigenvalue weighted by Gasteiger charge is -2.54. The van der Waals surface area contributed by atoms with E-state index >= 15 is 0 Å². The Morgan fingerprint density at radius 1 is 1.45 bits per heavy atom. The molecule has 0 aromatic carbocycles. The topological polar surface area (TPSA) is 93.1 Å². The van der Waals surface area contributed by atoms with Gasteiger partial charge in [0.15, 0.2) is 5.78 Å². The lowest BCUT2D eigenvalue weighted by Crippen LogP contribution is -2.58.